The first-order valence-electron chi connectivity index (χ1n) is 5.18. The van der Waals surface area contributed by atoms with Gasteiger partial charge in [0.2, 0.25) is 5.91 Å². The van der Waals surface area contributed by atoms with E-state index in [-0.39, 0.29) is 17.9 Å². The van der Waals surface area contributed by atoms with Crippen molar-refractivity contribution >= 4 is 17.9 Å². The summed E-state index contributed by atoms with van der Waals surface area (Å²) in [5.74, 6) is -2.18. The monoisotopic (exact) mass is 266 g/mol. The lowest BCUT2D eigenvalue weighted by Gasteiger charge is -2.05. The van der Waals surface area contributed by atoms with Crippen LogP contribution in [0.4, 0.5) is 14.5 Å². The second-order valence-electron chi connectivity index (χ2n) is 3.63. The van der Waals surface area contributed by atoms with Crippen molar-refractivity contribution in [3.8, 4) is 0 Å². The van der Waals surface area contributed by atoms with Gasteiger partial charge >= 0.3 is 0 Å². The molecule has 8 heteroatoms. The molecule has 98 valence electrons. The van der Waals surface area contributed by atoms with E-state index in [1.807, 2.05) is 0 Å². The van der Waals surface area contributed by atoms with Gasteiger partial charge in [0.05, 0.1) is 11.9 Å². The molecule has 1 heterocycles. The Labute approximate surface area is 106 Å². The minimum Gasteiger partial charge on any atom is -0.322 e. The second kappa shape index (κ2) is 5.34. The number of amides is 1. The highest BCUT2D eigenvalue weighted by molar-refractivity contribution is 5.90. The quantitative estimate of drug-likeness (QED) is 0.838. The van der Waals surface area contributed by atoms with Crippen LogP contribution in [0.3, 0.4) is 0 Å². The third-order valence-corrected chi connectivity index (χ3v) is 2.19. The van der Waals surface area contributed by atoms with Crippen molar-refractivity contribution in [1.29, 1.82) is 0 Å². The SMILES string of the molecule is O=Cc1cn(CC(=O)Nc2ccc(F)cc2F)nn1. The van der Waals surface area contributed by atoms with Crippen molar-refractivity contribution in [2.24, 2.45) is 0 Å². The van der Waals surface area contributed by atoms with Crippen LogP contribution in [-0.2, 0) is 11.3 Å². The maximum Gasteiger partial charge on any atom is 0.246 e. The summed E-state index contributed by atoms with van der Waals surface area (Å²) in [6.07, 6.45) is 1.76. The largest absolute Gasteiger partial charge is 0.322 e. The molecular weight excluding hydrogens is 258 g/mol. The van der Waals surface area contributed by atoms with Gasteiger partial charge in [-0.05, 0) is 12.1 Å². The highest BCUT2D eigenvalue weighted by atomic mass is 19.1. The molecule has 0 aliphatic carbocycles. The molecule has 0 aliphatic rings. The molecule has 1 N–H and O–H groups in total. The normalized spacial score (nSPS) is 10.2. The highest BCUT2D eigenvalue weighted by Crippen LogP contribution is 2.14. The van der Waals surface area contributed by atoms with Gasteiger partial charge in [-0.25, -0.2) is 13.5 Å². The summed E-state index contributed by atoms with van der Waals surface area (Å²) in [5.41, 5.74) is -0.0529. The topological polar surface area (TPSA) is 76.9 Å². The number of carbonyl (C=O) groups excluding carboxylic acids is 2. The van der Waals surface area contributed by atoms with E-state index in [0.29, 0.717) is 12.4 Å². The second-order valence-corrected chi connectivity index (χ2v) is 3.63. The summed E-state index contributed by atoms with van der Waals surface area (Å²) in [6, 6.07) is 2.80. The van der Waals surface area contributed by atoms with Gasteiger partial charge in [-0.3, -0.25) is 9.59 Å². The van der Waals surface area contributed by atoms with Crippen LogP contribution in [0.15, 0.2) is 24.4 Å². The standard InChI is InChI=1S/C11H8F2N4O2/c12-7-1-2-10(9(13)3-7)14-11(19)5-17-4-8(6-18)15-16-17/h1-4,6H,5H2,(H,14,19). The van der Waals surface area contributed by atoms with E-state index < -0.39 is 17.5 Å². The zero-order valence-electron chi connectivity index (χ0n) is 9.51. The van der Waals surface area contributed by atoms with E-state index in [9.17, 15) is 18.4 Å². The predicted octanol–water partition coefficient (Wildman–Crippen LogP) is 1.01. The predicted molar refractivity (Wildman–Crippen MR) is 60.4 cm³/mol. The van der Waals surface area contributed by atoms with Crippen LogP contribution in [0.2, 0.25) is 0 Å². The highest BCUT2D eigenvalue weighted by Gasteiger charge is 2.09. The Balaban J connectivity index is 2.02. The van der Waals surface area contributed by atoms with Gasteiger partial charge in [0.1, 0.15) is 23.9 Å². The van der Waals surface area contributed by atoms with Crippen molar-refractivity contribution < 1.29 is 18.4 Å². The van der Waals surface area contributed by atoms with Crippen LogP contribution in [0.5, 0.6) is 0 Å². The fourth-order valence-corrected chi connectivity index (χ4v) is 1.37. The van der Waals surface area contributed by atoms with Crippen LogP contribution < -0.4 is 5.32 Å². The van der Waals surface area contributed by atoms with Gasteiger partial charge < -0.3 is 5.32 Å². The van der Waals surface area contributed by atoms with E-state index >= 15 is 0 Å². The minimum absolute atomic E-state index is 0.0840. The van der Waals surface area contributed by atoms with Crippen LogP contribution >= 0.6 is 0 Å². The summed E-state index contributed by atoms with van der Waals surface area (Å²) in [7, 11) is 0. The molecule has 1 amide bonds. The number of anilines is 1. The van der Waals surface area contributed by atoms with Crippen molar-refractivity contribution in [2.75, 3.05) is 5.32 Å². The molecule has 2 rings (SSSR count). The first kappa shape index (κ1) is 12.8. The number of nitrogens with one attached hydrogen (secondary N) is 1. The van der Waals surface area contributed by atoms with Gasteiger partial charge in [0.15, 0.2) is 6.29 Å². The van der Waals surface area contributed by atoms with Crippen molar-refractivity contribution in [1.82, 2.24) is 15.0 Å². The number of hydrogen-bond acceptors (Lipinski definition) is 4. The maximum absolute atomic E-state index is 13.3. The summed E-state index contributed by atoms with van der Waals surface area (Å²) in [6.45, 7) is -0.238. The Morgan fingerprint density at radius 3 is 2.84 bits per heavy atom. The van der Waals surface area contributed by atoms with Gasteiger partial charge in [-0.2, -0.15) is 0 Å². The third-order valence-electron chi connectivity index (χ3n) is 2.19. The smallest absolute Gasteiger partial charge is 0.246 e. The Kier molecular flexibility index (Phi) is 3.60. The Bertz CT molecular complexity index is 627. The number of rotatable bonds is 4. The fraction of sp³-hybridized carbons (Fsp3) is 0.0909. The summed E-state index contributed by atoms with van der Waals surface area (Å²) in [4.78, 5) is 21.9. The Hall–Kier alpha value is -2.64. The number of hydrogen-bond donors (Lipinski definition) is 1. The molecule has 0 unspecified atom stereocenters. The van der Waals surface area contributed by atoms with Crippen LogP contribution in [0.1, 0.15) is 10.5 Å². The molecular formula is C11H8F2N4O2. The van der Waals surface area contributed by atoms with E-state index in [1.165, 1.54) is 6.20 Å². The molecule has 0 aliphatic heterocycles. The zero-order valence-corrected chi connectivity index (χ0v) is 9.51. The van der Waals surface area contributed by atoms with Crippen molar-refractivity contribution in [3.05, 3.63) is 41.7 Å². The van der Waals surface area contributed by atoms with Gasteiger partial charge in [0.25, 0.3) is 0 Å². The van der Waals surface area contributed by atoms with Crippen LogP contribution in [0.25, 0.3) is 0 Å². The molecule has 1 aromatic carbocycles. The van der Waals surface area contributed by atoms with Gasteiger partial charge in [0, 0.05) is 6.07 Å². The average Bonchev–Trinajstić information content (AvgIpc) is 2.80. The van der Waals surface area contributed by atoms with Crippen molar-refractivity contribution in [2.45, 2.75) is 6.54 Å². The average molecular weight is 266 g/mol. The summed E-state index contributed by atoms with van der Waals surface area (Å²) >= 11 is 0. The summed E-state index contributed by atoms with van der Waals surface area (Å²) < 4.78 is 27.1. The van der Waals surface area contributed by atoms with E-state index in [4.69, 9.17) is 0 Å². The molecule has 6 nitrogen and oxygen atoms in total. The van der Waals surface area contributed by atoms with E-state index in [2.05, 4.69) is 15.6 Å². The van der Waals surface area contributed by atoms with E-state index in [0.717, 1.165) is 16.8 Å². The minimum atomic E-state index is -0.875. The zero-order chi connectivity index (χ0) is 13.8. The molecule has 2 aromatic rings. The lowest BCUT2D eigenvalue weighted by atomic mass is 10.3. The first-order valence-corrected chi connectivity index (χ1v) is 5.18. The lowest BCUT2D eigenvalue weighted by molar-refractivity contribution is -0.117. The maximum atomic E-state index is 13.3. The number of halogens is 2. The fourth-order valence-electron chi connectivity index (χ4n) is 1.37. The lowest BCUT2D eigenvalue weighted by Crippen LogP contribution is -2.19. The Morgan fingerprint density at radius 2 is 2.21 bits per heavy atom. The number of nitrogens with zero attached hydrogens (tertiary/aromatic N) is 3. The molecule has 0 radical (unpaired) electrons. The van der Waals surface area contributed by atoms with Crippen molar-refractivity contribution in [3.63, 3.8) is 0 Å². The molecule has 0 atom stereocenters. The third kappa shape index (κ3) is 3.18. The van der Waals surface area contributed by atoms with Gasteiger partial charge in [-0.1, -0.05) is 5.21 Å². The first-order chi connectivity index (χ1) is 9.08. The number of aldehydes is 1. The van der Waals surface area contributed by atoms with Gasteiger partial charge in [-0.15, -0.1) is 5.10 Å². The molecule has 0 fully saturated rings. The number of benzene rings is 1. The molecule has 0 saturated heterocycles. The molecule has 19 heavy (non-hydrogen) atoms. The van der Waals surface area contributed by atoms with Crippen LogP contribution in [0, 0.1) is 11.6 Å². The summed E-state index contributed by atoms with van der Waals surface area (Å²) in [5, 5.41) is 9.25. The molecule has 1 aromatic heterocycles. The van der Waals surface area contributed by atoms with Crippen LogP contribution in [-0.4, -0.2) is 27.2 Å². The Morgan fingerprint density at radius 1 is 1.42 bits per heavy atom. The molecule has 0 saturated carbocycles. The van der Waals surface area contributed by atoms with E-state index in [1.54, 1.807) is 0 Å². The number of carbonyl (C=O) groups is 2. The molecule has 0 bridgehead atoms. The number of aromatic nitrogens is 3. The molecule has 0 spiro atoms.